The number of thiophene rings is 1. The molecular formula is C10H7N3S. The summed E-state index contributed by atoms with van der Waals surface area (Å²) in [7, 11) is 0. The molecule has 0 bridgehead atoms. The van der Waals surface area contributed by atoms with Crippen LogP contribution in [0.4, 0.5) is 0 Å². The standard InChI is InChI=1S/C10H7N3S/c11-7-8(10-4-2-6-14-10)9-3-1-5-12-13-9/h1-6,8H. The van der Waals surface area contributed by atoms with E-state index < -0.39 is 0 Å². The molecule has 0 fully saturated rings. The van der Waals surface area contributed by atoms with Gasteiger partial charge in [-0.1, -0.05) is 6.07 Å². The van der Waals surface area contributed by atoms with Crippen LogP contribution in [-0.2, 0) is 0 Å². The van der Waals surface area contributed by atoms with Gasteiger partial charge in [0.05, 0.1) is 11.8 Å². The largest absolute Gasteiger partial charge is 0.197 e. The lowest BCUT2D eigenvalue weighted by Crippen LogP contribution is -1.99. The van der Waals surface area contributed by atoms with Gasteiger partial charge in [-0.2, -0.15) is 15.5 Å². The van der Waals surface area contributed by atoms with Gasteiger partial charge < -0.3 is 0 Å². The van der Waals surface area contributed by atoms with Crippen LogP contribution in [-0.4, -0.2) is 10.2 Å². The first-order chi connectivity index (χ1) is 6.92. The Morgan fingerprint density at radius 1 is 1.36 bits per heavy atom. The van der Waals surface area contributed by atoms with Gasteiger partial charge in [-0.15, -0.1) is 11.3 Å². The van der Waals surface area contributed by atoms with E-state index in [0.29, 0.717) is 5.69 Å². The molecule has 0 aromatic carbocycles. The molecule has 0 saturated heterocycles. The molecule has 4 heteroatoms. The topological polar surface area (TPSA) is 49.6 Å². The first-order valence-electron chi connectivity index (χ1n) is 4.12. The van der Waals surface area contributed by atoms with Gasteiger partial charge in [-0.25, -0.2) is 0 Å². The van der Waals surface area contributed by atoms with Crippen molar-refractivity contribution >= 4 is 11.3 Å². The zero-order chi connectivity index (χ0) is 9.80. The molecule has 0 aliphatic heterocycles. The Morgan fingerprint density at radius 3 is 2.86 bits per heavy atom. The average molecular weight is 201 g/mol. The fourth-order valence-corrected chi connectivity index (χ4v) is 1.98. The smallest absolute Gasteiger partial charge is 0.124 e. The van der Waals surface area contributed by atoms with Crippen LogP contribution in [0, 0.1) is 11.3 Å². The van der Waals surface area contributed by atoms with E-state index in [0.717, 1.165) is 4.88 Å². The maximum atomic E-state index is 9.04. The third kappa shape index (κ3) is 1.63. The summed E-state index contributed by atoms with van der Waals surface area (Å²) in [6.07, 6.45) is 1.60. The molecule has 0 spiro atoms. The molecule has 0 amide bonds. The third-order valence-corrected chi connectivity index (χ3v) is 2.78. The highest BCUT2D eigenvalue weighted by molar-refractivity contribution is 7.10. The molecule has 14 heavy (non-hydrogen) atoms. The Hall–Kier alpha value is -1.73. The predicted octanol–water partition coefficient (Wildman–Crippen LogP) is 2.19. The lowest BCUT2D eigenvalue weighted by molar-refractivity contribution is 0.895. The van der Waals surface area contributed by atoms with Crippen LogP contribution in [0.25, 0.3) is 0 Å². The van der Waals surface area contributed by atoms with Crippen LogP contribution in [0.1, 0.15) is 16.5 Å². The molecular weight excluding hydrogens is 194 g/mol. The van der Waals surface area contributed by atoms with Crippen molar-refractivity contribution in [2.45, 2.75) is 5.92 Å². The number of rotatable bonds is 2. The summed E-state index contributed by atoms with van der Waals surface area (Å²) < 4.78 is 0. The van der Waals surface area contributed by atoms with E-state index in [4.69, 9.17) is 5.26 Å². The summed E-state index contributed by atoms with van der Waals surface area (Å²) in [5.41, 5.74) is 0.706. The lowest BCUT2D eigenvalue weighted by Gasteiger charge is -2.03. The van der Waals surface area contributed by atoms with E-state index in [2.05, 4.69) is 16.3 Å². The van der Waals surface area contributed by atoms with Crippen molar-refractivity contribution in [1.29, 1.82) is 5.26 Å². The number of hydrogen-bond donors (Lipinski definition) is 0. The van der Waals surface area contributed by atoms with Gasteiger partial charge in [0.2, 0.25) is 0 Å². The minimum absolute atomic E-state index is 0.288. The van der Waals surface area contributed by atoms with E-state index in [-0.39, 0.29) is 5.92 Å². The second-order valence-corrected chi connectivity index (χ2v) is 3.71. The highest BCUT2D eigenvalue weighted by atomic mass is 32.1. The second-order valence-electron chi connectivity index (χ2n) is 2.73. The average Bonchev–Trinajstić information content (AvgIpc) is 2.74. The minimum Gasteiger partial charge on any atom is -0.197 e. The summed E-state index contributed by atoms with van der Waals surface area (Å²) in [5.74, 6) is -0.288. The summed E-state index contributed by atoms with van der Waals surface area (Å²) in [6.45, 7) is 0. The summed E-state index contributed by atoms with van der Waals surface area (Å²) in [4.78, 5) is 1.01. The SMILES string of the molecule is N#CC(c1cccnn1)c1cccs1. The first kappa shape index (κ1) is 8.85. The van der Waals surface area contributed by atoms with Gasteiger partial charge in [0.15, 0.2) is 0 Å². The van der Waals surface area contributed by atoms with Crippen molar-refractivity contribution in [1.82, 2.24) is 10.2 Å². The Morgan fingerprint density at radius 2 is 2.29 bits per heavy atom. The molecule has 0 N–H and O–H groups in total. The molecule has 0 aliphatic rings. The molecule has 2 rings (SSSR count). The molecule has 1 atom stereocenters. The zero-order valence-corrected chi connectivity index (χ0v) is 8.11. The maximum Gasteiger partial charge on any atom is 0.124 e. The normalized spacial score (nSPS) is 11.9. The van der Waals surface area contributed by atoms with Crippen molar-refractivity contribution in [2.75, 3.05) is 0 Å². The van der Waals surface area contributed by atoms with Gasteiger partial charge in [0, 0.05) is 11.1 Å². The number of aromatic nitrogens is 2. The van der Waals surface area contributed by atoms with Crippen LogP contribution in [0.5, 0.6) is 0 Å². The zero-order valence-electron chi connectivity index (χ0n) is 7.29. The Labute approximate surface area is 85.7 Å². The second kappa shape index (κ2) is 3.99. The highest BCUT2D eigenvalue weighted by Crippen LogP contribution is 2.25. The lowest BCUT2D eigenvalue weighted by atomic mass is 10.1. The Kier molecular flexibility index (Phi) is 2.52. The molecule has 0 saturated carbocycles. The molecule has 1 unspecified atom stereocenters. The Balaban J connectivity index is 2.38. The van der Waals surface area contributed by atoms with E-state index in [1.807, 2.05) is 23.6 Å². The minimum atomic E-state index is -0.288. The van der Waals surface area contributed by atoms with Crippen molar-refractivity contribution in [2.24, 2.45) is 0 Å². The fourth-order valence-electron chi connectivity index (χ4n) is 1.20. The summed E-state index contributed by atoms with van der Waals surface area (Å²) in [6, 6.07) is 9.71. The van der Waals surface area contributed by atoms with Gasteiger partial charge in [0.25, 0.3) is 0 Å². The van der Waals surface area contributed by atoms with E-state index in [9.17, 15) is 0 Å². The molecule has 2 aromatic heterocycles. The van der Waals surface area contributed by atoms with Crippen LogP contribution < -0.4 is 0 Å². The van der Waals surface area contributed by atoms with Crippen LogP contribution in [0.2, 0.25) is 0 Å². The molecule has 68 valence electrons. The molecule has 2 heterocycles. The number of hydrogen-bond acceptors (Lipinski definition) is 4. The molecule has 0 radical (unpaired) electrons. The first-order valence-corrected chi connectivity index (χ1v) is 5.00. The van der Waals surface area contributed by atoms with Crippen LogP contribution in [0.15, 0.2) is 35.8 Å². The third-order valence-electron chi connectivity index (χ3n) is 1.85. The van der Waals surface area contributed by atoms with Crippen molar-refractivity contribution in [3.05, 3.63) is 46.4 Å². The fraction of sp³-hybridized carbons (Fsp3) is 0.100. The molecule has 3 nitrogen and oxygen atoms in total. The van der Waals surface area contributed by atoms with Crippen molar-refractivity contribution in [3.8, 4) is 6.07 Å². The van der Waals surface area contributed by atoms with Gasteiger partial charge >= 0.3 is 0 Å². The Bertz CT molecular complexity index is 430. The molecule has 2 aromatic rings. The van der Waals surface area contributed by atoms with Crippen LogP contribution in [0.3, 0.4) is 0 Å². The van der Waals surface area contributed by atoms with E-state index in [1.165, 1.54) is 0 Å². The predicted molar refractivity (Wildman–Crippen MR) is 53.8 cm³/mol. The number of nitriles is 1. The van der Waals surface area contributed by atoms with E-state index in [1.54, 1.807) is 23.6 Å². The van der Waals surface area contributed by atoms with Crippen LogP contribution >= 0.6 is 11.3 Å². The van der Waals surface area contributed by atoms with Crippen molar-refractivity contribution < 1.29 is 0 Å². The molecule has 0 aliphatic carbocycles. The van der Waals surface area contributed by atoms with Gasteiger partial charge in [0.1, 0.15) is 5.92 Å². The van der Waals surface area contributed by atoms with Gasteiger partial charge in [-0.3, -0.25) is 0 Å². The van der Waals surface area contributed by atoms with Gasteiger partial charge in [-0.05, 0) is 23.6 Å². The van der Waals surface area contributed by atoms with Crippen molar-refractivity contribution in [3.63, 3.8) is 0 Å². The maximum absolute atomic E-state index is 9.04. The quantitative estimate of drug-likeness (QED) is 0.748. The summed E-state index contributed by atoms with van der Waals surface area (Å²) >= 11 is 1.56. The number of nitrogens with zero attached hydrogens (tertiary/aromatic N) is 3. The van der Waals surface area contributed by atoms with E-state index >= 15 is 0 Å². The summed E-state index contributed by atoms with van der Waals surface area (Å²) in [5, 5.41) is 18.7. The highest BCUT2D eigenvalue weighted by Gasteiger charge is 2.15. The monoisotopic (exact) mass is 201 g/mol.